The summed E-state index contributed by atoms with van der Waals surface area (Å²) in [5, 5.41) is 6.61. The van der Waals surface area contributed by atoms with Gasteiger partial charge < -0.3 is 4.90 Å². The summed E-state index contributed by atoms with van der Waals surface area (Å²) in [6.07, 6.45) is 4.58. The van der Waals surface area contributed by atoms with E-state index >= 15 is 0 Å². The van der Waals surface area contributed by atoms with E-state index in [1.165, 1.54) is 22.7 Å². The number of carbonyl (C=O) groups is 1. The van der Waals surface area contributed by atoms with Gasteiger partial charge in [0.15, 0.2) is 0 Å². The minimum Gasteiger partial charge on any atom is -0.342 e. The number of carbonyl (C=O) groups excluding carboxylic acids is 1. The van der Waals surface area contributed by atoms with Crippen molar-refractivity contribution in [1.29, 1.82) is 0 Å². The van der Waals surface area contributed by atoms with E-state index in [0.29, 0.717) is 24.9 Å². The van der Waals surface area contributed by atoms with Crippen LogP contribution in [0.2, 0.25) is 0 Å². The smallest absolute Gasteiger partial charge is 0.224 e. The number of aromatic nitrogens is 3. The Morgan fingerprint density at radius 2 is 2.04 bits per heavy atom. The number of likely N-dealkylation sites (tertiary alicyclic amines) is 1. The molecule has 0 spiro atoms. The van der Waals surface area contributed by atoms with Gasteiger partial charge in [0.1, 0.15) is 12.7 Å². The molecule has 1 amide bonds. The summed E-state index contributed by atoms with van der Waals surface area (Å²) in [4.78, 5) is 18.7. The van der Waals surface area contributed by atoms with Crippen LogP contribution in [0.1, 0.15) is 24.4 Å². The molecule has 0 bridgehead atoms. The minimum atomic E-state index is 0.192. The Labute approximate surface area is 163 Å². The first-order valence-electron chi connectivity index (χ1n) is 9.88. The van der Waals surface area contributed by atoms with Gasteiger partial charge in [0.25, 0.3) is 0 Å². The SMILES string of the molecule is O=C(CCn1cncn1)N1CCC2NNC(c3cccc4ccccc34)C2C1. The van der Waals surface area contributed by atoms with Gasteiger partial charge in [-0.2, -0.15) is 5.10 Å². The van der Waals surface area contributed by atoms with Crippen molar-refractivity contribution < 1.29 is 4.79 Å². The standard InChI is InChI=1S/C21H24N6O/c28-20(9-11-27-14-22-13-23-27)26-10-8-19-18(12-26)21(25-24-19)17-7-3-5-15-4-1-2-6-16(15)17/h1-7,13-14,18-19,21,24-25H,8-12H2. The topological polar surface area (TPSA) is 75.1 Å². The van der Waals surface area contributed by atoms with Gasteiger partial charge in [-0.1, -0.05) is 42.5 Å². The lowest BCUT2D eigenvalue weighted by Crippen LogP contribution is -2.48. The molecule has 7 heteroatoms. The molecule has 0 saturated carbocycles. The number of nitrogens with zero attached hydrogens (tertiary/aromatic N) is 4. The molecule has 2 fully saturated rings. The van der Waals surface area contributed by atoms with Gasteiger partial charge in [0, 0.05) is 31.5 Å². The highest BCUT2D eigenvalue weighted by Gasteiger charge is 2.41. The molecule has 28 heavy (non-hydrogen) atoms. The average Bonchev–Trinajstić information content (AvgIpc) is 3.41. The maximum atomic E-state index is 12.8. The van der Waals surface area contributed by atoms with Crippen LogP contribution >= 0.6 is 0 Å². The Morgan fingerprint density at radius 3 is 2.93 bits per heavy atom. The van der Waals surface area contributed by atoms with Gasteiger partial charge in [-0.05, 0) is 22.8 Å². The number of aryl methyl sites for hydroxylation is 1. The quantitative estimate of drug-likeness (QED) is 0.727. The average molecular weight is 376 g/mol. The van der Waals surface area contributed by atoms with E-state index in [2.05, 4.69) is 63.4 Å². The molecule has 2 aliphatic rings. The van der Waals surface area contributed by atoms with E-state index in [9.17, 15) is 4.79 Å². The number of hydrazine groups is 1. The summed E-state index contributed by atoms with van der Waals surface area (Å²) in [6, 6.07) is 15.6. The lowest BCUT2D eigenvalue weighted by atomic mass is 9.83. The molecule has 0 radical (unpaired) electrons. The van der Waals surface area contributed by atoms with Crippen LogP contribution < -0.4 is 10.9 Å². The number of fused-ring (bicyclic) bond motifs is 2. The second kappa shape index (κ2) is 7.33. The largest absolute Gasteiger partial charge is 0.342 e. The summed E-state index contributed by atoms with van der Waals surface area (Å²) in [7, 11) is 0. The normalized spacial score (nSPS) is 24.4. The van der Waals surface area contributed by atoms with Crippen LogP contribution in [0.3, 0.4) is 0 Å². The molecular formula is C21H24N6O. The molecule has 1 aromatic heterocycles. The van der Waals surface area contributed by atoms with Gasteiger partial charge in [0.2, 0.25) is 5.91 Å². The molecule has 3 unspecified atom stereocenters. The maximum absolute atomic E-state index is 12.8. The molecule has 144 valence electrons. The van der Waals surface area contributed by atoms with Crippen LogP contribution in [-0.2, 0) is 11.3 Å². The van der Waals surface area contributed by atoms with E-state index < -0.39 is 0 Å². The molecule has 2 N–H and O–H groups in total. The second-order valence-corrected chi connectivity index (χ2v) is 7.64. The third-order valence-electron chi connectivity index (χ3n) is 6.04. The number of nitrogens with one attached hydrogen (secondary N) is 2. The Bertz CT molecular complexity index is 967. The zero-order valence-corrected chi connectivity index (χ0v) is 15.7. The van der Waals surface area contributed by atoms with Gasteiger partial charge >= 0.3 is 0 Å². The molecule has 2 aliphatic heterocycles. The van der Waals surface area contributed by atoms with Gasteiger partial charge in [-0.3, -0.25) is 14.9 Å². The summed E-state index contributed by atoms with van der Waals surface area (Å²) >= 11 is 0. The molecule has 2 saturated heterocycles. The molecule has 0 aliphatic carbocycles. The summed E-state index contributed by atoms with van der Waals surface area (Å²) in [5.74, 6) is 0.549. The van der Waals surface area contributed by atoms with Crippen molar-refractivity contribution in [1.82, 2.24) is 30.5 Å². The Kier molecular flexibility index (Phi) is 4.54. The fourth-order valence-corrected chi connectivity index (χ4v) is 4.58. The van der Waals surface area contributed by atoms with Crippen LogP contribution in [0, 0.1) is 5.92 Å². The molecule has 3 aromatic rings. The van der Waals surface area contributed by atoms with Crippen molar-refractivity contribution in [2.24, 2.45) is 5.92 Å². The van der Waals surface area contributed by atoms with Crippen LogP contribution in [0.4, 0.5) is 0 Å². The first-order valence-corrected chi connectivity index (χ1v) is 9.88. The van der Waals surface area contributed by atoms with E-state index in [4.69, 9.17) is 0 Å². The fourth-order valence-electron chi connectivity index (χ4n) is 4.58. The van der Waals surface area contributed by atoms with Crippen molar-refractivity contribution in [3.8, 4) is 0 Å². The fraction of sp³-hybridized carbons (Fsp3) is 0.381. The van der Waals surface area contributed by atoms with Crippen LogP contribution in [0.5, 0.6) is 0 Å². The second-order valence-electron chi connectivity index (χ2n) is 7.64. The highest BCUT2D eigenvalue weighted by molar-refractivity contribution is 5.86. The highest BCUT2D eigenvalue weighted by atomic mass is 16.2. The van der Waals surface area contributed by atoms with Crippen LogP contribution in [0.15, 0.2) is 55.1 Å². The number of benzene rings is 2. The lowest BCUT2D eigenvalue weighted by molar-refractivity contribution is -0.133. The first kappa shape index (κ1) is 17.3. The number of hydrogen-bond donors (Lipinski definition) is 2. The van der Waals surface area contributed by atoms with Crippen molar-refractivity contribution in [3.05, 3.63) is 60.7 Å². The molecule has 2 aromatic carbocycles. The number of rotatable bonds is 4. The predicted octanol–water partition coefficient (Wildman–Crippen LogP) is 1.89. The molecule has 5 rings (SSSR count). The van der Waals surface area contributed by atoms with Crippen molar-refractivity contribution in [2.75, 3.05) is 13.1 Å². The first-order chi connectivity index (χ1) is 13.8. The lowest BCUT2D eigenvalue weighted by Gasteiger charge is -2.36. The number of amides is 1. The van der Waals surface area contributed by atoms with E-state index in [1.54, 1.807) is 11.0 Å². The van der Waals surface area contributed by atoms with Gasteiger partial charge in [-0.25, -0.2) is 10.4 Å². The summed E-state index contributed by atoms with van der Waals surface area (Å²) < 4.78 is 1.71. The summed E-state index contributed by atoms with van der Waals surface area (Å²) in [6.45, 7) is 2.15. The van der Waals surface area contributed by atoms with E-state index in [-0.39, 0.29) is 11.9 Å². The van der Waals surface area contributed by atoms with Crippen LogP contribution in [0.25, 0.3) is 10.8 Å². The Hall–Kier alpha value is -2.77. The Balaban J connectivity index is 1.33. The zero-order valence-electron chi connectivity index (χ0n) is 15.7. The van der Waals surface area contributed by atoms with Gasteiger partial charge in [-0.15, -0.1) is 0 Å². The maximum Gasteiger partial charge on any atom is 0.224 e. The monoisotopic (exact) mass is 376 g/mol. The van der Waals surface area contributed by atoms with Crippen molar-refractivity contribution >= 4 is 16.7 Å². The minimum absolute atomic E-state index is 0.192. The van der Waals surface area contributed by atoms with E-state index in [0.717, 1.165) is 19.5 Å². The Morgan fingerprint density at radius 1 is 1.14 bits per heavy atom. The third-order valence-corrected chi connectivity index (χ3v) is 6.04. The highest BCUT2D eigenvalue weighted by Crippen LogP contribution is 2.36. The molecule has 7 nitrogen and oxygen atoms in total. The number of hydrogen-bond acceptors (Lipinski definition) is 5. The third kappa shape index (κ3) is 3.16. The molecule has 3 atom stereocenters. The van der Waals surface area contributed by atoms with Crippen LogP contribution in [-0.4, -0.2) is 44.7 Å². The van der Waals surface area contributed by atoms with E-state index in [1.807, 2.05) is 4.90 Å². The molecule has 3 heterocycles. The number of piperidine rings is 1. The molecular weight excluding hydrogens is 352 g/mol. The van der Waals surface area contributed by atoms with Crippen molar-refractivity contribution in [3.63, 3.8) is 0 Å². The zero-order chi connectivity index (χ0) is 18.9. The van der Waals surface area contributed by atoms with Gasteiger partial charge in [0.05, 0.1) is 12.6 Å². The summed E-state index contributed by atoms with van der Waals surface area (Å²) in [5.41, 5.74) is 8.29. The predicted molar refractivity (Wildman–Crippen MR) is 106 cm³/mol. The van der Waals surface area contributed by atoms with Crippen molar-refractivity contribution in [2.45, 2.75) is 31.5 Å².